The topological polar surface area (TPSA) is 82.0 Å². The highest BCUT2D eigenvalue weighted by Crippen LogP contribution is 2.36. The van der Waals surface area contributed by atoms with Gasteiger partial charge in [0.2, 0.25) is 0 Å². The standard InChI is InChI=1S/C19H20F3IN2O4/c1-10(2)25(16-6-3-11(23)7-15(16)21)18-13(4-5-14(20)17(18)22)19(28)24-29-9-12(27)8-26/h3-7,10,12,26-27H,8-9H2,1-2H3,(H,24,28)/t12-/m1/s1. The number of anilines is 2. The number of halogens is 4. The number of benzene rings is 2. The van der Waals surface area contributed by atoms with E-state index in [9.17, 15) is 23.1 Å². The fourth-order valence-corrected chi connectivity index (χ4v) is 3.06. The van der Waals surface area contributed by atoms with Gasteiger partial charge in [0.05, 0.1) is 23.5 Å². The van der Waals surface area contributed by atoms with Crippen molar-refractivity contribution in [1.82, 2.24) is 5.48 Å². The summed E-state index contributed by atoms with van der Waals surface area (Å²) in [4.78, 5) is 18.5. The van der Waals surface area contributed by atoms with Crippen LogP contribution in [-0.4, -0.2) is 41.5 Å². The third-order valence-electron chi connectivity index (χ3n) is 3.89. The second-order valence-corrected chi connectivity index (χ2v) is 7.64. The lowest BCUT2D eigenvalue weighted by atomic mass is 10.1. The Labute approximate surface area is 179 Å². The van der Waals surface area contributed by atoms with Crippen molar-refractivity contribution in [3.8, 4) is 0 Å². The van der Waals surface area contributed by atoms with Crippen LogP contribution in [-0.2, 0) is 4.84 Å². The van der Waals surface area contributed by atoms with Crippen molar-refractivity contribution in [3.05, 3.63) is 56.9 Å². The molecular formula is C19H20F3IN2O4. The number of hydroxylamine groups is 1. The molecule has 0 saturated heterocycles. The van der Waals surface area contributed by atoms with Crippen molar-refractivity contribution in [1.29, 1.82) is 0 Å². The summed E-state index contributed by atoms with van der Waals surface area (Å²) in [5.74, 6) is -4.12. The molecule has 0 aliphatic heterocycles. The van der Waals surface area contributed by atoms with Crippen LogP contribution in [0.3, 0.4) is 0 Å². The molecule has 0 aliphatic carbocycles. The van der Waals surface area contributed by atoms with E-state index in [1.54, 1.807) is 19.9 Å². The second-order valence-electron chi connectivity index (χ2n) is 6.40. The van der Waals surface area contributed by atoms with Gasteiger partial charge >= 0.3 is 0 Å². The minimum Gasteiger partial charge on any atom is -0.394 e. The van der Waals surface area contributed by atoms with Gasteiger partial charge in [0.1, 0.15) is 18.5 Å². The highest BCUT2D eigenvalue weighted by molar-refractivity contribution is 14.1. The first kappa shape index (κ1) is 23.4. The van der Waals surface area contributed by atoms with Crippen LogP contribution in [0.1, 0.15) is 24.2 Å². The van der Waals surface area contributed by atoms with Crippen LogP contribution in [0.4, 0.5) is 24.5 Å². The predicted octanol–water partition coefficient (Wildman–Crippen LogP) is 3.27. The smallest absolute Gasteiger partial charge is 0.277 e. The first-order chi connectivity index (χ1) is 13.7. The Balaban J connectivity index is 2.51. The average molecular weight is 524 g/mol. The van der Waals surface area contributed by atoms with Crippen molar-refractivity contribution in [3.63, 3.8) is 0 Å². The number of aliphatic hydroxyl groups is 2. The van der Waals surface area contributed by atoms with Crippen molar-refractivity contribution in [2.75, 3.05) is 18.1 Å². The van der Waals surface area contributed by atoms with E-state index in [4.69, 9.17) is 9.94 Å². The van der Waals surface area contributed by atoms with E-state index in [2.05, 4.69) is 0 Å². The molecular weight excluding hydrogens is 504 g/mol. The third kappa shape index (κ3) is 5.59. The number of nitrogens with zero attached hydrogens (tertiary/aromatic N) is 1. The van der Waals surface area contributed by atoms with Crippen molar-refractivity contribution >= 4 is 39.9 Å². The highest BCUT2D eigenvalue weighted by Gasteiger charge is 2.28. The summed E-state index contributed by atoms with van der Waals surface area (Å²) in [5, 5.41) is 18.0. The van der Waals surface area contributed by atoms with Gasteiger partial charge in [-0.25, -0.2) is 18.7 Å². The number of hydrogen-bond donors (Lipinski definition) is 3. The van der Waals surface area contributed by atoms with Gasteiger partial charge in [-0.2, -0.15) is 0 Å². The first-order valence-electron chi connectivity index (χ1n) is 8.60. The summed E-state index contributed by atoms with van der Waals surface area (Å²) in [7, 11) is 0. The maximum absolute atomic E-state index is 14.8. The molecule has 0 aliphatic rings. The normalized spacial score (nSPS) is 12.2. The minimum absolute atomic E-state index is 0.0319. The number of hydrogen-bond acceptors (Lipinski definition) is 5. The van der Waals surface area contributed by atoms with Gasteiger partial charge in [-0.3, -0.25) is 9.63 Å². The van der Waals surface area contributed by atoms with Crippen LogP contribution in [0.2, 0.25) is 0 Å². The first-order valence-corrected chi connectivity index (χ1v) is 9.68. The summed E-state index contributed by atoms with van der Waals surface area (Å²) in [6, 6.07) is 5.54. The molecule has 0 spiro atoms. The van der Waals surface area contributed by atoms with E-state index < -0.39 is 54.4 Å². The van der Waals surface area contributed by atoms with Gasteiger partial charge < -0.3 is 15.1 Å². The number of carbonyl (C=O) groups is 1. The Morgan fingerprint density at radius 1 is 1.21 bits per heavy atom. The summed E-state index contributed by atoms with van der Waals surface area (Å²) in [6.07, 6.45) is -1.23. The molecule has 1 amide bonds. The molecule has 0 aromatic heterocycles. The van der Waals surface area contributed by atoms with Crippen LogP contribution >= 0.6 is 22.6 Å². The Bertz CT molecular complexity index is 883. The van der Waals surface area contributed by atoms with Crippen LogP contribution in [0.15, 0.2) is 30.3 Å². The lowest BCUT2D eigenvalue weighted by Gasteiger charge is -2.31. The Morgan fingerprint density at radius 3 is 2.48 bits per heavy atom. The van der Waals surface area contributed by atoms with E-state index >= 15 is 0 Å². The molecule has 10 heteroatoms. The molecule has 2 aromatic rings. The molecule has 2 aromatic carbocycles. The van der Waals surface area contributed by atoms with Gasteiger partial charge in [0.25, 0.3) is 5.91 Å². The zero-order valence-corrected chi connectivity index (χ0v) is 17.8. The fraction of sp³-hybridized carbons (Fsp3) is 0.316. The van der Waals surface area contributed by atoms with Crippen molar-refractivity contribution in [2.45, 2.75) is 26.0 Å². The molecule has 6 nitrogen and oxygen atoms in total. The number of aliphatic hydroxyl groups excluding tert-OH is 2. The van der Waals surface area contributed by atoms with E-state index in [1.807, 2.05) is 28.1 Å². The van der Waals surface area contributed by atoms with Crippen LogP contribution in [0.25, 0.3) is 0 Å². The zero-order chi connectivity index (χ0) is 21.7. The second kappa shape index (κ2) is 10.2. The lowest BCUT2D eigenvalue weighted by molar-refractivity contribution is -0.0295. The molecule has 0 saturated carbocycles. The predicted molar refractivity (Wildman–Crippen MR) is 109 cm³/mol. The lowest BCUT2D eigenvalue weighted by Crippen LogP contribution is -2.33. The van der Waals surface area contributed by atoms with E-state index in [1.165, 1.54) is 17.0 Å². The molecule has 1 atom stereocenters. The summed E-state index contributed by atoms with van der Waals surface area (Å²) in [5.41, 5.74) is 1.22. The fourth-order valence-electron chi connectivity index (χ4n) is 2.60. The van der Waals surface area contributed by atoms with Gasteiger partial charge in [0, 0.05) is 9.61 Å². The summed E-state index contributed by atoms with van der Waals surface area (Å²) >= 11 is 1.92. The number of rotatable bonds is 8. The van der Waals surface area contributed by atoms with Crippen LogP contribution in [0.5, 0.6) is 0 Å². The Hall–Kier alpha value is -1.89. The molecule has 0 heterocycles. The van der Waals surface area contributed by atoms with Gasteiger partial charge in [-0.1, -0.05) is 0 Å². The number of nitrogens with one attached hydrogen (secondary N) is 1. The van der Waals surface area contributed by atoms with Crippen molar-refractivity contribution in [2.24, 2.45) is 0 Å². The van der Waals surface area contributed by atoms with E-state index in [0.29, 0.717) is 3.57 Å². The quantitative estimate of drug-likeness (QED) is 0.365. The van der Waals surface area contributed by atoms with E-state index in [0.717, 1.165) is 12.1 Å². The molecule has 0 radical (unpaired) electrons. The minimum atomic E-state index is -1.32. The molecule has 0 fully saturated rings. The van der Waals surface area contributed by atoms with Crippen LogP contribution < -0.4 is 10.4 Å². The van der Waals surface area contributed by atoms with Gasteiger partial charge in [-0.05, 0) is 66.8 Å². The average Bonchev–Trinajstić information content (AvgIpc) is 2.66. The Morgan fingerprint density at radius 2 is 1.90 bits per heavy atom. The molecule has 2 rings (SSSR count). The van der Waals surface area contributed by atoms with Crippen LogP contribution in [0, 0.1) is 21.0 Å². The summed E-state index contributed by atoms with van der Waals surface area (Å²) < 4.78 is 44.0. The summed E-state index contributed by atoms with van der Waals surface area (Å²) in [6.45, 7) is 2.27. The van der Waals surface area contributed by atoms with E-state index in [-0.39, 0.29) is 11.3 Å². The maximum Gasteiger partial charge on any atom is 0.277 e. The molecule has 0 bridgehead atoms. The highest BCUT2D eigenvalue weighted by atomic mass is 127. The zero-order valence-electron chi connectivity index (χ0n) is 15.6. The number of amides is 1. The number of carbonyl (C=O) groups excluding carboxylic acids is 1. The molecule has 0 unspecified atom stereocenters. The van der Waals surface area contributed by atoms with Gasteiger partial charge in [-0.15, -0.1) is 0 Å². The van der Waals surface area contributed by atoms with Gasteiger partial charge in [0.15, 0.2) is 11.6 Å². The monoisotopic (exact) mass is 524 g/mol. The van der Waals surface area contributed by atoms with Crippen molar-refractivity contribution < 1.29 is 33.0 Å². The SMILES string of the molecule is CC(C)N(c1ccc(I)cc1F)c1c(C(=O)NOC[C@H](O)CO)ccc(F)c1F. The Kier molecular flexibility index (Phi) is 8.25. The third-order valence-corrected chi connectivity index (χ3v) is 4.56. The molecule has 3 N–H and O–H groups in total. The molecule has 29 heavy (non-hydrogen) atoms. The maximum atomic E-state index is 14.8. The largest absolute Gasteiger partial charge is 0.394 e. The molecule has 158 valence electrons.